The van der Waals surface area contributed by atoms with Crippen molar-refractivity contribution in [1.82, 2.24) is 5.32 Å². The first-order valence-electron chi connectivity index (χ1n) is 9.01. The van der Waals surface area contributed by atoms with Gasteiger partial charge in [0.05, 0.1) is 13.7 Å². The van der Waals surface area contributed by atoms with E-state index in [0.29, 0.717) is 36.6 Å². The zero-order valence-electron chi connectivity index (χ0n) is 15.5. The molecule has 0 bridgehead atoms. The van der Waals surface area contributed by atoms with Crippen LogP contribution in [0, 0.1) is 0 Å². The first kappa shape index (κ1) is 19.6. The highest BCUT2D eigenvalue weighted by Gasteiger charge is 2.11. The van der Waals surface area contributed by atoms with Crippen LogP contribution in [-0.4, -0.2) is 31.3 Å². The van der Waals surface area contributed by atoms with Crippen LogP contribution in [-0.2, 0) is 6.42 Å². The molecule has 26 heavy (non-hydrogen) atoms. The summed E-state index contributed by atoms with van der Waals surface area (Å²) in [5.74, 6) is 1.31. The van der Waals surface area contributed by atoms with Gasteiger partial charge in [-0.3, -0.25) is 4.79 Å². The average molecular weight is 357 g/mol. The third kappa shape index (κ3) is 5.99. The molecule has 0 radical (unpaired) electrons. The first-order valence-corrected chi connectivity index (χ1v) is 9.01. The number of nitrogens with one attached hydrogen (secondary N) is 1. The number of benzene rings is 2. The smallest absolute Gasteiger partial charge is 0.251 e. The number of methoxy groups -OCH3 is 1. The van der Waals surface area contributed by atoms with Gasteiger partial charge < -0.3 is 19.9 Å². The summed E-state index contributed by atoms with van der Waals surface area (Å²) in [6, 6.07) is 12.2. The number of amides is 1. The predicted molar refractivity (Wildman–Crippen MR) is 102 cm³/mol. The molecule has 5 nitrogen and oxygen atoms in total. The van der Waals surface area contributed by atoms with Crippen molar-refractivity contribution < 1.29 is 19.4 Å². The number of ether oxygens (including phenoxy) is 2. The molecule has 1 amide bonds. The van der Waals surface area contributed by atoms with Crippen molar-refractivity contribution in [1.29, 1.82) is 0 Å². The van der Waals surface area contributed by atoms with Crippen molar-refractivity contribution in [2.24, 2.45) is 0 Å². The van der Waals surface area contributed by atoms with Crippen molar-refractivity contribution >= 4 is 5.91 Å². The number of phenols is 1. The molecule has 0 fully saturated rings. The number of phenolic OH excluding ortho intramolecular Hbond substituents is 1. The van der Waals surface area contributed by atoms with E-state index in [-0.39, 0.29) is 11.7 Å². The Morgan fingerprint density at radius 3 is 2.54 bits per heavy atom. The van der Waals surface area contributed by atoms with E-state index < -0.39 is 0 Å². The number of hydrogen-bond acceptors (Lipinski definition) is 4. The van der Waals surface area contributed by atoms with Crippen LogP contribution in [0.25, 0.3) is 0 Å². The maximum atomic E-state index is 12.4. The Morgan fingerprint density at radius 2 is 1.85 bits per heavy atom. The average Bonchev–Trinajstić information content (AvgIpc) is 2.66. The van der Waals surface area contributed by atoms with E-state index in [2.05, 4.69) is 12.2 Å². The minimum atomic E-state index is -0.148. The maximum absolute atomic E-state index is 12.4. The molecular weight excluding hydrogens is 330 g/mol. The van der Waals surface area contributed by atoms with Gasteiger partial charge in [0, 0.05) is 12.1 Å². The van der Waals surface area contributed by atoms with E-state index in [4.69, 9.17) is 9.47 Å². The topological polar surface area (TPSA) is 67.8 Å². The van der Waals surface area contributed by atoms with Crippen molar-refractivity contribution in [2.75, 3.05) is 20.3 Å². The van der Waals surface area contributed by atoms with Gasteiger partial charge in [0.15, 0.2) is 11.5 Å². The molecule has 0 heterocycles. The molecule has 0 aliphatic heterocycles. The Bertz CT molecular complexity index is 698. The lowest BCUT2D eigenvalue weighted by Crippen LogP contribution is -2.25. The quantitative estimate of drug-likeness (QED) is 0.632. The summed E-state index contributed by atoms with van der Waals surface area (Å²) >= 11 is 0. The number of aromatic hydroxyl groups is 1. The molecule has 0 atom stereocenters. The summed E-state index contributed by atoms with van der Waals surface area (Å²) in [6.07, 6.45) is 3.91. The van der Waals surface area contributed by atoms with E-state index in [1.54, 1.807) is 37.4 Å². The van der Waals surface area contributed by atoms with E-state index in [1.165, 1.54) is 0 Å². The summed E-state index contributed by atoms with van der Waals surface area (Å²) < 4.78 is 11.1. The van der Waals surface area contributed by atoms with Crippen molar-refractivity contribution in [3.63, 3.8) is 0 Å². The SMILES string of the molecule is CCCCCOc1cc(C(=O)NCCc2ccc(O)cc2)ccc1OC. The number of rotatable bonds is 10. The molecule has 140 valence electrons. The third-order valence-corrected chi connectivity index (χ3v) is 4.07. The Balaban J connectivity index is 1.91. The maximum Gasteiger partial charge on any atom is 0.251 e. The fourth-order valence-electron chi connectivity index (χ4n) is 2.55. The zero-order chi connectivity index (χ0) is 18.8. The monoisotopic (exact) mass is 357 g/mol. The van der Waals surface area contributed by atoms with Gasteiger partial charge in [-0.1, -0.05) is 31.9 Å². The summed E-state index contributed by atoms with van der Waals surface area (Å²) in [5, 5.41) is 12.2. The minimum absolute atomic E-state index is 0.148. The molecule has 0 aliphatic carbocycles. The van der Waals surface area contributed by atoms with Gasteiger partial charge in [0.1, 0.15) is 5.75 Å². The highest BCUT2D eigenvalue weighted by Crippen LogP contribution is 2.28. The number of carbonyl (C=O) groups excluding carboxylic acids is 1. The number of unbranched alkanes of at least 4 members (excludes halogenated alkanes) is 2. The van der Waals surface area contributed by atoms with Gasteiger partial charge in [-0.15, -0.1) is 0 Å². The number of carbonyl (C=O) groups is 1. The molecule has 2 rings (SSSR count). The minimum Gasteiger partial charge on any atom is -0.508 e. The van der Waals surface area contributed by atoms with Gasteiger partial charge >= 0.3 is 0 Å². The van der Waals surface area contributed by atoms with Gasteiger partial charge in [0.25, 0.3) is 5.91 Å². The van der Waals surface area contributed by atoms with Gasteiger partial charge in [-0.05, 0) is 48.7 Å². The summed E-state index contributed by atoms with van der Waals surface area (Å²) in [7, 11) is 1.59. The van der Waals surface area contributed by atoms with Crippen LogP contribution in [0.15, 0.2) is 42.5 Å². The molecule has 0 saturated heterocycles. The lowest BCUT2D eigenvalue weighted by molar-refractivity contribution is 0.0953. The van der Waals surface area contributed by atoms with Gasteiger partial charge in [-0.2, -0.15) is 0 Å². The second-order valence-corrected chi connectivity index (χ2v) is 6.09. The standard InChI is InChI=1S/C21H27NO4/c1-3-4-5-14-26-20-15-17(8-11-19(20)25-2)21(24)22-13-12-16-6-9-18(23)10-7-16/h6-11,15,23H,3-5,12-14H2,1-2H3,(H,22,24). The molecule has 2 N–H and O–H groups in total. The molecular formula is C21H27NO4. The van der Waals surface area contributed by atoms with Crippen LogP contribution in [0.1, 0.15) is 42.1 Å². The largest absolute Gasteiger partial charge is 0.508 e. The lowest BCUT2D eigenvalue weighted by Gasteiger charge is -2.12. The summed E-state index contributed by atoms with van der Waals surface area (Å²) in [4.78, 5) is 12.4. The van der Waals surface area contributed by atoms with Crippen molar-refractivity contribution in [3.05, 3.63) is 53.6 Å². The summed E-state index contributed by atoms with van der Waals surface area (Å²) in [6.45, 7) is 3.27. The highest BCUT2D eigenvalue weighted by atomic mass is 16.5. The zero-order valence-corrected chi connectivity index (χ0v) is 15.5. The molecule has 0 aromatic heterocycles. The Morgan fingerprint density at radius 1 is 1.08 bits per heavy atom. The van der Waals surface area contributed by atoms with Crippen LogP contribution < -0.4 is 14.8 Å². The van der Waals surface area contributed by atoms with E-state index in [0.717, 1.165) is 24.8 Å². The fraction of sp³-hybridized carbons (Fsp3) is 0.381. The van der Waals surface area contributed by atoms with Gasteiger partial charge in [-0.25, -0.2) is 0 Å². The van der Waals surface area contributed by atoms with Crippen LogP contribution >= 0.6 is 0 Å². The summed E-state index contributed by atoms with van der Waals surface area (Å²) in [5.41, 5.74) is 1.60. The van der Waals surface area contributed by atoms with Crippen LogP contribution in [0.3, 0.4) is 0 Å². The predicted octanol–water partition coefficient (Wildman–Crippen LogP) is 3.94. The molecule has 2 aromatic carbocycles. The van der Waals surface area contributed by atoms with E-state index in [1.807, 2.05) is 12.1 Å². The van der Waals surface area contributed by atoms with E-state index >= 15 is 0 Å². The van der Waals surface area contributed by atoms with Gasteiger partial charge in [0.2, 0.25) is 0 Å². The molecule has 0 unspecified atom stereocenters. The Hall–Kier alpha value is -2.69. The molecule has 0 aliphatic rings. The lowest BCUT2D eigenvalue weighted by atomic mass is 10.1. The fourth-order valence-corrected chi connectivity index (χ4v) is 2.55. The van der Waals surface area contributed by atoms with Crippen LogP contribution in [0.4, 0.5) is 0 Å². The molecule has 0 saturated carbocycles. The molecule has 5 heteroatoms. The third-order valence-electron chi connectivity index (χ3n) is 4.07. The van der Waals surface area contributed by atoms with Crippen molar-refractivity contribution in [3.8, 4) is 17.2 Å². The normalized spacial score (nSPS) is 10.4. The second kappa shape index (κ2) is 10.3. The second-order valence-electron chi connectivity index (χ2n) is 6.09. The molecule has 2 aromatic rings. The highest BCUT2D eigenvalue weighted by molar-refractivity contribution is 5.94. The Labute approximate surface area is 155 Å². The van der Waals surface area contributed by atoms with Crippen LogP contribution in [0.5, 0.6) is 17.2 Å². The van der Waals surface area contributed by atoms with Crippen molar-refractivity contribution in [2.45, 2.75) is 32.6 Å². The molecule has 0 spiro atoms. The first-order chi connectivity index (χ1) is 12.6. The van der Waals surface area contributed by atoms with Crippen LogP contribution in [0.2, 0.25) is 0 Å². The number of hydrogen-bond donors (Lipinski definition) is 2. The van der Waals surface area contributed by atoms with E-state index in [9.17, 15) is 9.90 Å². The Kier molecular flexibility index (Phi) is 7.80.